The van der Waals surface area contributed by atoms with E-state index in [9.17, 15) is 8.42 Å². The number of benzene rings is 2. The fourth-order valence-electron chi connectivity index (χ4n) is 4.75. The van der Waals surface area contributed by atoms with Gasteiger partial charge in [-0.25, -0.2) is 8.42 Å². The van der Waals surface area contributed by atoms with Crippen LogP contribution >= 0.6 is 0 Å². The molecule has 0 fully saturated rings. The molecule has 9 heteroatoms. The van der Waals surface area contributed by atoms with E-state index in [0.717, 1.165) is 38.8 Å². The Balaban J connectivity index is 1.61. The Bertz CT molecular complexity index is 1900. The Morgan fingerprint density at radius 3 is 2.55 bits per heavy atom. The molecule has 0 unspecified atom stereocenters. The second-order valence-electron chi connectivity index (χ2n) is 9.18. The molecule has 38 heavy (non-hydrogen) atoms. The minimum atomic E-state index is -3.53. The van der Waals surface area contributed by atoms with Crippen molar-refractivity contribution in [3.05, 3.63) is 104 Å². The summed E-state index contributed by atoms with van der Waals surface area (Å²) in [6.45, 7) is 0.379. The van der Waals surface area contributed by atoms with Gasteiger partial charge in [0, 0.05) is 73.8 Å². The number of sulfone groups is 1. The van der Waals surface area contributed by atoms with Crippen molar-refractivity contribution < 1.29 is 8.42 Å². The summed E-state index contributed by atoms with van der Waals surface area (Å²) in [5.74, 6) is 0. The predicted octanol–water partition coefficient (Wildman–Crippen LogP) is 5.32. The van der Waals surface area contributed by atoms with Crippen LogP contribution in [0, 0.1) is 0 Å². The lowest BCUT2D eigenvalue weighted by atomic mass is 10.0. The average Bonchev–Trinajstić information content (AvgIpc) is 3.31. The van der Waals surface area contributed by atoms with Crippen molar-refractivity contribution in [3.63, 3.8) is 0 Å². The van der Waals surface area contributed by atoms with Crippen LogP contribution in [-0.2, 0) is 23.4 Å². The van der Waals surface area contributed by atoms with E-state index in [4.69, 9.17) is 0 Å². The van der Waals surface area contributed by atoms with Gasteiger partial charge in [-0.2, -0.15) is 0 Å². The van der Waals surface area contributed by atoms with Gasteiger partial charge in [0.25, 0.3) is 0 Å². The van der Waals surface area contributed by atoms with Crippen LogP contribution in [0.3, 0.4) is 0 Å². The quantitative estimate of drug-likeness (QED) is 0.293. The molecule has 0 aliphatic heterocycles. The summed E-state index contributed by atoms with van der Waals surface area (Å²) < 4.78 is 27.6. The highest BCUT2D eigenvalue weighted by atomic mass is 32.2. The highest BCUT2D eigenvalue weighted by Crippen LogP contribution is 2.38. The van der Waals surface area contributed by atoms with E-state index in [1.807, 2.05) is 42.4 Å². The first-order chi connectivity index (χ1) is 18.4. The lowest BCUT2D eigenvalue weighted by Crippen LogP contribution is -2.20. The fourth-order valence-corrected chi connectivity index (χ4v) is 5.60. The van der Waals surface area contributed by atoms with E-state index in [0.29, 0.717) is 17.7 Å². The molecule has 0 aliphatic carbocycles. The molecular formula is C29H24N6O2S. The summed E-state index contributed by atoms with van der Waals surface area (Å²) in [4.78, 5) is 19.9. The summed E-state index contributed by atoms with van der Waals surface area (Å²) in [6.07, 6.45) is 13.2. The number of hydrogen-bond acceptors (Lipinski definition) is 7. The largest absolute Gasteiger partial charge is 0.351 e. The molecule has 0 saturated carbocycles. The maximum absolute atomic E-state index is 12.8. The number of aromatic nitrogens is 5. The van der Waals surface area contributed by atoms with E-state index in [2.05, 4.69) is 48.8 Å². The molecule has 0 radical (unpaired) electrons. The van der Waals surface area contributed by atoms with Gasteiger partial charge in [0.1, 0.15) is 0 Å². The SMILES string of the molecule is Cn1ccc2ccc(-c3cc(N(Cc4cccnc4)c4cnccc4S(C)(=O)=O)cc4nccnc34)cc21. The number of pyridine rings is 2. The molecule has 0 amide bonds. The van der Waals surface area contributed by atoms with Crippen molar-refractivity contribution in [1.82, 2.24) is 24.5 Å². The highest BCUT2D eigenvalue weighted by Gasteiger charge is 2.22. The van der Waals surface area contributed by atoms with Crippen molar-refractivity contribution in [1.29, 1.82) is 0 Å². The summed E-state index contributed by atoms with van der Waals surface area (Å²) in [5.41, 5.74) is 6.61. The Kier molecular flexibility index (Phi) is 5.84. The van der Waals surface area contributed by atoms with Gasteiger partial charge < -0.3 is 9.47 Å². The maximum Gasteiger partial charge on any atom is 0.177 e. The fraction of sp³-hybridized carbons (Fsp3) is 0.103. The Hall–Kier alpha value is -4.63. The second kappa shape index (κ2) is 9.35. The molecule has 2 aromatic carbocycles. The lowest BCUT2D eigenvalue weighted by molar-refractivity contribution is 0.601. The van der Waals surface area contributed by atoms with Crippen LogP contribution < -0.4 is 4.90 Å². The molecule has 6 rings (SSSR count). The Morgan fingerprint density at radius 1 is 0.895 bits per heavy atom. The topological polar surface area (TPSA) is 93.9 Å². The summed E-state index contributed by atoms with van der Waals surface area (Å²) >= 11 is 0. The van der Waals surface area contributed by atoms with Gasteiger partial charge in [-0.05, 0) is 52.9 Å². The summed E-state index contributed by atoms with van der Waals surface area (Å²) in [5, 5.41) is 1.15. The van der Waals surface area contributed by atoms with Crippen LogP contribution in [-0.4, -0.2) is 39.2 Å². The van der Waals surface area contributed by atoms with E-state index >= 15 is 0 Å². The molecule has 0 atom stereocenters. The first kappa shape index (κ1) is 23.7. The third-order valence-electron chi connectivity index (χ3n) is 6.58. The van der Waals surface area contributed by atoms with Gasteiger partial charge in [0.05, 0.1) is 27.8 Å². The summed E-state index contributed by atoms with van der Waals surface area (Å²) in [7, 11) is -1.52. The number of fused-ring (bicyclic) bond motifs is 2. The zero-order valence-corrected chi connectivity index (χ0v) is 21.7. The minimum absolute atomic E-state index is 0.197. The number of nitrogens with zero attached hydrogens (tertiary/aromatic N) is 6. The lowest BCUT2D eigenvalue weighted by Gasteiger charge is -2.27. The average molecular weight is 521 g/mol. The van der Waals surface area contributed by atoms with Crippen molar-refractivity contribution >= 4 is 43.1 Å². The van der Waals surface area contributed by atoms with Crippen LogP contribution in [0.5, 0.6) is 0 Å². The predicted molar refractivity (Wildman–Crippen MR) is 149 cm³/mol. The molecule has 4 aromatic heterocycles. The normalized spacial score (nSPS) is 11.7. The molecule has 8 nitrogen and oxygen atoms in total. The molecule has 0 saturated heterocycles. The summed E-state index contributed by atoms with van der Waals surface area (Å²) in [6, 6.07) is 17.7. The van der Waals surface area contributed by atoms with Crippen LogP contribution in [0.15, 0.2) is 103 Å². The van der Waals surface area contributed by atoms with Gasteiger partial charge in [-0.3, -0.25) is 19.9 Å². The molecule has 0 N–H and O–H groups in total. The standard InChI is InChI=1S/C29H24N6O2S/c1-34-13-8-21-5-6-22(14-26(21)34)24-15-23(16-25-29(24)33-12-11-32-25)35(19-20-4-3-9-30-17-20)27-18-31-10-7-28(27)38(2,36)37/h3-18H,19H2,1-2H3. The Morgan fingerprint density at radius 2 is 1.74 bits per heavy atom. The van der Waals surface area contributed by atoms with Crippen LogP contribution in [0.25, 0.3) is 33.1 Å². The second-order valence-corrected chi connectivity index (χ2v) is 11.2. The highest BCUT2D eigenvalue weighted by molar-refractivity contribution is 7.90. The number of anilines is 2. The van der Waals surface area contributed by atoms with E-state index < -0.39 is 9.84 Å². The van der Waals surface area contributed by atoms with Gasteiger partial charge in [0.15, 0.2) is 9.84 Å². The smallest absolute Gasteiger partial charge is 0.177 e. The number of rotatable bonds is 6. The van der Waals surface area contributed by atoms with Gasteiger partial charge >= 0.3 is 0 Å². The first-order valence-corrected chi connectivity index (χ1v) is 13.9. The van der Waals surface area contributed by atoms with Crippen molar-refractivity contribution in [2.45, 2.75) is 11.4 Å². The first-order valence-electron chi connectivity index (χ1n) is 12.0. The van der Waals surface area contributed by atoms with Gasteiger partial charge in [-0.15, -0.1) is 0 Å². The molecular weight excluding hydrogens is 496 g/mol. The van der Waals surface area contributed by atoms with Gasteiger partial charge in [-0.1, -0.05) is 18.2 Å². The molecule has 6 aromatic rings. The van der Waals surface area contributed by atoms with E-state index in [-0.39, 0.29) is 4.90 Å². The van der Waals surface area contributed by atoms with Gasteiger partial charge in [0.2, 0.25) is 0 Å². The molecule has 0 aliphatic rings. The zero-order valence-electron chi connectivity index (χ0n) is 20.9. The van der Waals surface area contributed by atoms with E-state index in [1.165, 1.54) is 18.5 Å². The molecule has 0 spiro atoms. The van der Waals surface area contributed by atoms with Crippen LogP contribution in [0.2, 0.25) is 0 Å². The molecule has 4 heterocycles. The number of hydrogen-bond donors (Lipinski definition) is 0. The van der Waals surface area contributed by atoms with Crippen molar-refractivity contribution in [2.75, 3.05) is 11.2 Å². The third kappa shape index (κ3) is 4.37. The van der Waals surface area contributed by atoms with Crippen LogP contribution in [0.1, 0.15) is 5.56 Å². The van der Waals surface area contributed by atoms with Crippen LogP contribution in [0.4, 0.5) is 11.4 Å². The van der Waals surface area contributed by atoms with Crippen molar-refractivity contribution in [2.24, 2.45) is 7.05 Å². The Labute approximate surface area is 220 Å². The zero-order chi connectivity index (χ0) is 26.3. The molecule has 188 valence electrons. The van der Waals surface area contributed by atoms with Crippen molar-refractivity contribution in [3.8, 4) is 11.1 Å². The van der Waals surface area contributed by atoms with E-state index in [1.54, 1.807) is 31.0 Å². The minimum Gasteiger partial charge on any atom is -0.351 e. The monoisotopic (exact) mass is 520 g/mol. The molecule has 0 bridgehead atoms. The number of aryl methyl sites for hydroxylation is 1. The maximum atomic E-state index is 12.8. The third-order valence-corrected chi connectivity index (χ3v) is 7.73.